The van der Waals surface area contributed by atoms with Gasteiger partial charge in [-0.2, -0.15) is 0 Å². The Morgan fingerprint density at radius 2 is 2.00 bits per heavy atom. The zero-order valence-electron chi connectivity index (χ0n) is 9.62. The molecule has 0 bridgehead atoms. The molecular formula is C11H22N2O. The summed E-state index contributed by atoms with van der Waals surface area (Å²) in [5.41, 5.74) is 0. The molecule has 1 atom stereocenters. The minimum atomic E-state index is 0.412. The predicted molar refractivity (Wildman–Crippen MR) is 61.9 cm³/mol. The van der Waals surface area contributed by atoms with Gasteiger partial charge in [0.2, 0.25) is 5.90 Å². The molecule has 0 radical (unpaired) electrons. The highest BCUT2D eigenvalue weighted by molar-refractivity contribution is 5.78. The van der Waals surface area contributed by atoms with Crippen molar-refractivity contribution in [1.82, 2.24) is 0 Å². The van der Waals surface area contributed by atoms with Crippen LogP contribution < -0.4 is 0 Å². The van der Waals surface area contributed by atoms with Crippen molar-refractivity contribution in [3.05, 3.63) is 0 Å². The number of rotatable bonds is 7. The molecule has 0 heterocycles. The van der Waals surface area contributed by atoms with Gasteiger partial charge in [0.05, 0.1) is 0 Å². The van der Waals surface area contributed by atoms with Gasteiger partial charge in [-0.1, -0.05) is 38.3 Å². The number of nitrogens with zero attached hydrogens (tertiary/aromatic N) is 2. The Bertz CT molecular complexity index is 178. The van der Waals surface area contributed by atoms with Crippen molar-refractivity contribution >= 4 is 12.6 Å². The maximum atomic E-state index is 5.07. The van der Waals surface area contributed by atoms with Gasteiger partial charge in [0.1, 0.15) is 0 Å². The topological polar surface area (TPSA) is 34.0 Å². The van der Waals surface area contributed by atoms with Gasteiger partial charge < -0.3 is 4.84 Å². The number of aliphatic imine (C=N–C) groups is 1. The van der Waals surface area contributed by atoms with Crippen molar-refractivity contribution in [2.24, 2.45) is 16.1 Å². The first-order valence-electron chi connectivity index (χ1n) is 5.39. The Kier molecular flexibility index (Phi) is 8.19. The Balaban J connectivity index is 4.19. The van der Waals surface area contributed by atoms with E-state index in [2.05, 4.69) is 30.7 Å². The van der Waals surface area contributed by atoms with E-state index in [-0.39, 0.29) is 0 Å². The van der Waals surface area contributed by atoms with Crippen molar-refractivity contribution in [3.8, 4) is 0 Å². The summed E-state index contributed by atoms with van der Waals surface area (Å²) in [4.78, 5) is 9.18. The lowest BCUT2D eigenvalue weighted by Gasteiger charge is -2.15. The molecule has 0 saturated carbocycles. The summed E-state index contributed by atoms with van der Waals surface area (Å²) in [6.45, 7) is 7.69. The van der Waals surface area contributed by atoms with E-state index in [1.807, 2.05) is 0 Å². The summed E-state index contributed by atoms with van der Waals surface area (Å²) >= 11 is 0. The summed E-state index contributed by atoms with van der Waals surface area (Å²) in [7, 11) is 1.75. The molecule has 0 aliphatic heterocycles. The van der Waals surface area contributed by atoms with E-state index in [1.165, 1.54) is 12.8 Å². The molecule has 0 aliphatic rings. The monoisotopic (exact) mass is 198 g/mol. The molecule has 0 fully saturated rings. The molecule has 0 amide bonds. The summed E-state index contributed by atoms with van der Waals surface area (Å²) in [6.07, 6.45) is 5.81. The number of hydrogen-bond acceptors (Lipinski definition) is 3. The van der Waals surface area contributed by atoms with E-state index in [0.29, 0.717) is 5.92 Å². The lowest BCUT2D eigenvalue weighted by atomic mass is 9.97. The number of oxime groups is 1. The molecule has 3 nitrogen and oxygen atoms in total. The third-order valence-electron chi connectivity index (χ3n) is 2.27. The lowest BCUT2D eigenvalue weighted by molar-refractivity contribution is 0.292. The van der Waals surface area contributed by atoms with E-state index in [9.17, 15) is 0 Å². The largest absolute Gasteiger partial charge is 0.342 e. The molecule has 0 aromatic rings. The van der Waals surface area contributed by atoms with Gasteiger partial charge >= 0.3 is 0 Å². The number of unbranched alkanes of at least 4 members (excludes halogenated alkanes) is 1. The first-order valence-corrected chi connectivity index (χ1v) is 5.39. The third-order valence-corrected chi connectivity index (χ3v) is 2.27. The zero-order chi connectivity index (χ0) is 10.8. The minimum Gasteiger partial charge on any atom is -0.342 e. The summed E-state index contributed by atoms with van der Waals surface area (Å²) in [5, 5.41) is 3.44. The van der Waals surface area contributed by atoms with Crippen LogP contribution in [0.5, 0.6) is 0 Å². The highest BCUT2D eigenvalue weighted by Gasteiger charge is 2.15. The second kappa shape index (κ2) is 8.73. The fourth-order valence-electron chi connectivity index (χ4n) is 1.55. The average molecular weight is 198 g/mol. The first-order chi connectivity index (χ1) is 6.79. The Labute approximate surface area is 87.2 Å². The van der Waals surface area contributed by atoms with Crippen molar-refractivity contribution in [3.63, 3.8) is 0 Å². The minimum absolute atomic E-state index is 0.412. The maximum absolute atomic E-state index is 5.07. The molecule has 0 N–H and O–H groups in total. The van der Waals surface area contributed by atoms with Gasteiger partial charge in [0.15, 0.2) is 0 Å². The van der Waals surface area contributed by atoms with E-state index >= 15 is 0 Å². The van der Waals surface area contributed by atoms with Crippen LogP contribution in [0, 0.1) is 5.92 Å². The van der Waals surface area contributed by atoms with Crippen LogP contribution in [0.15, 0.2) is 10.1 Å². The second-order valence-electron chi connectivity index (χ2n) is 3.41. The molecule has 3 heteroatoms. The van der Waals surface area contributed by atoms with Gasteiger partial charge in [-0.05, 0) is 12.8 Å². The molecule has 0 aromatic heterocycles. The van der Waals surface area contributed by atoms with Crippen LogP contribution in [0.3, 0.4) is 0 Å². The van der Waals surface area contributed by atoms with Crippen LogP contribution in [-0.4, -0.2) is 19.7 Å². The van der Waals surface area contributed by atoms with Crippen LogP contribution >= 0.6 is 0 Å². The van der Waals surface area contributed by atoms with Crippen LogP contribution in [0.4, 0.5) is 0 Å². The van der Waals surface area contributed by atoms with Gasteiger partial charge in [-0.3, -0.25) is 4.99 Å². The number of hydrogen-bond donors (Lipinski definition) is 0. The van der Waals surface area contributed by atoms with E-state index < -0.39 is 0 Å². The molecule has 14 heavy (non-hydrogen) atoms. The smallest absolute Gasteiger partial charge is 0.222 e. The van der Waals surface area contributed by atoms with Crippen LogP contribution in [0.1, 0.15) is 46.0 Å². The molecule has 0 aromatic carbocycles. The van der Waals surface area contributed by atoms with Crippen molar-refractivity contribution in [2.45, 2.75) is 46.0 Å². The van der Waals surface area contributed by atoms with Crippen LogP contribution in [0.2, 0.25) is 0 Å². The van der Waals surface area contributed by atoms with Gasteiger partial charge in [0.25, 0.3) is 0 Å². The highest BCUT2D eigenvalue weighted by Crippen LogP contribution is 2.17. The Morgan fingerprint density at radius 1 is 1.29 bits per heavy atom. The SMILES string of the molecule is C=NOC(=NC)C(CCC)CCCC. The second-order valence-corrected chi connectivity index (χ2v) is 3.41. The van der Waals surface area contributed by atoms with E-state index in [1.54, 1.807) is 7.05 Å². The summed E-state index contributed by atoms with van der Waals surface area (Å²) in [6, 6.07) is 0. The Hall–Kier alpha value is -0.860. The molecule has 0 rings (SSSR count). The summed E-state index contributed by atoms with van der Waals surface area (Å²) in [5.74, 6) is 1.14. The van der Waals surface area contributed by atoms with Gasteiger partial charge in [-0.15, -0.1) is 0 Å². The third kappa shape index (κ3) is 5.00. The molecule has 0 spiro atoms. The molecule has 0 aliphatic carbocycles. The van der Waals surface area contributed by atoms with Crippen molar-refractivity contribution < 1.29 is 4.84 Å². The van der Waals surface area contributed by atoms with Gasteiger partial charge in [-0.25, -0.2) is 0 Å². The fraction of sp³-hybridized carbons (Fsp3) is 0.818. The van der Waals surface area contributed by atoms with Crippen LogP contribution in [-0.2, 0) is 4.84 Å². The molecule has 82 valence electrons. The predicted octanol–water partition coefficient (Wildman–Crippen LogP) is 3.25. The quantitative estimate of drug-likeness (QED) is 0.351. The maximum Gasteiger partial charge on any atom is 0.222 e. The standard InChI is InChI=1S/C11H22N2O/c1-5-7-9-10(8-6-2)11(12-3)14-13-4/h10H,4-9H2,1-3H3. The normalized spacial score (nSPS) is 13.8. The Morgan fingerprint density at radius 3 is 2.43 bits per heavy atom. The zero-order valence-corrected chi connectivity index (χ0v) is 9.62. The molecular weight excluding hydrogens is 176 g/mol. The van der Waals surface area contributed by atoms with Crippen molar-refractivity contribution in [2.75, 3.05) is 7.05 Å². The van der Waals surface area contributed by atoms with Crippen molar-refractivity contribution in [1.29, 1.82) is 0 Å². The van der Waals surface area contributed by atoms with Gasteiger partial charge in [0, 0.05) is 19.7 Å². The van der Waals surface area contributed by atoms with Crippen LogP contribution in [0.25, 0.3) is 0 Å². The highest BCUT2D eigenvalue weighted by atomic mass is 16.6. The fourth-order valence-corrected chi connectivity index (χ4v) is 1.55. The average Bonchev–Trinajstić information content (AvgIpc) is 2.21. The van der Waals surface area contributed by atoms with E-state index in [0.717, 1.165) is 25.2 Å². The lowest BCUT2D eigenvalue weighted by Crippen LogP contribution is -2.16. The first kappa shape index (κ1) is 13.1. The summed E-state index contributed by atoms with van der Waals surface area (Å²) < 4.78 is 0. The van der Waals surface area contributed by atoms with E-state index in [4.69, 9.17) is 4.84 Å². The molecule has 0 saturated heterocycles. The molecule has 1 unspecified atom stereocenters.